The number of nitrogens with zero attached hydrogens (tertiary/aromatic N) is 2. The maximum atomic E-state index is 2.42. The van der Waals surface area contributed by atoms with E-state index in [1.54, 1.807) is 0 Å². The highest BCUT2D eigenvalue weighted by Gasteiger charge is 2.21. The third kappa shape index (κ3) is 6.44. The second-order valence-corrected chi connectivity index (χ2v) is 16.5. The Hall–Kier alpha value is -8.46. The summed E-state index contributed by atoms with van der Waals surface area (Å²) in [4.78, 5) is 2.42. The molecule has 11 aromatic carbocycles. The van der Waals surface area contributed by atoms with Crippen LogP contribution < -0.4 is 4.90 Å². The van der Waals surface area contributed by atoms with E-state index in [4.69, 9.17) is 0 Å². The Morgan fingerprint density at radius 2 is 0.812 bits per heavy atom. The summed E-state index contributed by atoms with van der Waals surface area (Å²) < 4.78 is 2.42. The molecular weight excluding hydrogens is 773 g/mol. The second-order valence-electron chi connectivity index (χ2n) is 16.5. The Labute approximate surface area is 373 Å². The molecule has 0 unspecified atom stereocenters. The van der Waals surface area contributed by atoms with Crippen LogP contribution >= 0.6 is 0 Å². The van der Waals surface area contributed by atoms with Gasteiger partial charge in [-0.15, -0.1) is 0 Å². The zero-order chi connectivity index (χ0) is 42.4. The molecule has 0 radical (unpaired) electrons. The van der Waals surface area contributed by atoms with Gasteiger partial charge in [-0.2, -0.15) is 0 Å². The standard InChI is InChI=1S/C62H42N2/c1-3-16-46(17-4-1)55-26-11-12-30-58(55)63(51-39-36-44(37-40-51)43-32-34-48(35-33-43)54-28-14-20-45-18-7-9-25-53(45)54)52-24-13-21-49(42-52)57-29-15-31-59-62(57)61-56-27-10-8-19-47(56)38-41-60(61)64(59)50-22-5-2-6-23-50/h1-42H. The van der Waals surface area contributed by atoms with Crippen molar-refractivity contribution >= 4 is 60.4 Å². The lowest BCUT2D eigenvalue weighted by Gasteiger charge is -2.28. The molecule has 0 N–H and O–H groups in total. The molecule has 0 saturated heterocycles. The third-order valence-corrected chi connectivity index (χ3v) is 12.8. The number of hydrogen-bond acceptors (Lipinski definition) is 1. The Kier molecular flexibility index (Phi) is 9.20. The van der Waals surface area contributed by atoms with Crippen LogP contribution in [0.5, 0.6) is 0 Å². The van der Waals surface area contributed by atoms with Crippen LogP contribution in [0.1, 0.15) is 0 Å². The van der Waals surface area contributed by atoms with Crippen LogP contribution in [0, 0.1) is 0 Å². The van der Waals surface area contributed by atoms with Crippen molar-refractivity contribution in [3.63, 3.8) is 0 Å². The van der Waals surface area contributed by atoms with E-state index in [9.17, 15) is 0 Å². The number of fused-ring (bicyclic) bond motifs is 6. The first kappa shape index (κ1) is 37.3. The van der Waals surface area contributed by atoms with E-state index in [2.05, 4.69) is 264 Å². The van der Waals surface area contributed by atoms with Gasteiger partial charge in [0, 0.05) is 33.4 Å². The second kappa shape index (κ2) is 15.8. The molecule has 0 bridgehead atoms. The monoisotopic (exact) mass is 814 g/mol. The molecule has 300 valence electrons. The van der Waals surface area contributed by atoms with Gasteiger partial charge in [-0.25, -0.2) is 0 Å². The lowest BCUT2D eigenvalue weighted by Crippen LogP contribution is -2.11. The van der Waals surface area contributed by atoms with E-state index in [0.29, 0.717) is 0 Å². The van der Waals surface area contributed by atoms with Crippen LogP contribution in [0.25, 0.3) is 93.5 Å². The maximum Gasteiger partial charge on any atom is 0.0547 e. The average molecular weight is 815 g/mol. The lowest BCUT2D eigenvalue weighted by molar-refractivity contribution is 1.18. The predicted molar refractivity (Wildman–Crippen MR) is 272 cm³/mol. The quantitative estimate of drug-likeness (QED) is 0.148. The molecule has 1 heterocycles. The molecule has 12 aromatic rings. The van der Waals surface area contributed by atoms with E-state index in [-0.39, 0.29) is 0 Å². The van der Waals surface area contributed by atoms with E-state index in [0.717, 1.165) is 28.3 Å². The molecule has 64 heavy (non-hydrogen) atoms. The molecule has 2 heteroatoms. The zero-order valence-electron chi connectivity index (χ0n) is 35.1. The van der Waals surface area contributed by atoms with Crippen LogP contribution in [0.3, 0.4) is 0 Å². The van der Waals surface area contributed by atoms with E-state index in [1.165, 1.54) is 82.3 Å². The van der Waals surface area contributed by atoms with Gasteiger partial charge in [-0.3, -0.25) is 0 Å². The molecule has 0 aliphatic carbocycles. The zero-order valence-corrected chi connectivity index (χ0v) is 35.1. The number of aromatic nitrogens is 1. The largest absolute Gasteiger partial charge is 0.310 e. The first-order chi connectivity index (χ1) is 31.8. The lowest BCUT2D eigenvalue weighted by atomic mass is 9.95. The Morgan fingerprint density at radius 3 is 1.61 bits per heavy atom. The average Bonchev–Trinajstić information content (AvgIpc) is 3.73. The number of benzene rings is 11. The fourth-order valence-electron chi connectivity index (χ4n) is 9.82. The van der Waals surface area contributed by atoms with Crippen molar-refractivity contribution in [2.75, 3.05) is 4.90 Å². The van der Waals surface area contributed by atoms with Crippen molar-refractivity contribution in [2.45, 2.75) is 0 Å². The van der Waals surface area contributed by atoms with Gasteiger partial charge in [0.15, 0.2) is 0 Å². The summed E-state index contributed by atoms with van der Waals surface area (Å²) >= 11 is 0. The topological polar surface area (TPSA) is 8.17 Å². The van der Waals surface area contributed by atoms with Gasteiger partial charge in [-0.1, -0.05) is 200 Å². The highest BCUT2D eigenvalue weighted by molar-refractivity contribution is 6.25. The normalized spacial score (nSPS) is 11.4. The van der Waals surface area contributed by atoms with E-state index < -0.39 is 0 Å². The summed E-state index contributed by atoms with van der Waals surface area (Å²) in [7, 11) is 0. The molecule has 12 rings (SSSR count). The van der Waals surface area contributed by atoms with E-state index in [1.807, 2.05) is 0 Å². The minimum atomic E-state index is 1.08. The SMILES string of the molecule is c1ccc(-c2ccccc2N(c2ccc(-c3ccc(-c4cccc5ccccc45)cc3)cc2)c2cccc(-c3cccc4c3c3c5ccccc5ccc3n4-c3ccccc3)c2)cc1. The third-order valence-electron chi connectivity index (χ3n) is 12.8. The molecule has 0 aliphatic rings. The fourth-order valence-corrected chi connectivity index (χ4v) is 9.82. The number of para-hydroxylation sites is 2. The molecule has 0 aliphatic heterocycles. The fraction of sp³-hybridized carbons (Fsp3) is 0. The van der Waals surface area contributed by atoms with Crippen molar-refractivity contribution < 1.29 is 0 Å². The first-order valence-corrected chi connectivity index (χ1v) is 22.0. The van der Waals surface area contributed by atoms with Crippen molar-refractivity contribution in [1.29, 1.82) is 0 Å². The molecular formula is C62H42N2. The molecule has 0 spiro atoms. The minimum Gasteiger partial charge on any atom is -0.310 e. The van der Waals surface area contributed by atoms with Gasteiger partial charge in [0.1, 0.15) is 0 Å². The van der Waals surface area contributed by atoms with Crippen LogP contribution in [0.15, 0.2) is 255 Å². The van der Waals surface area contributed by atoms with Crippen molar-refractivity contribution in [3.05, 3.63) is 255 Å². The summed E-state index contributed by atoms with van der Waals surface area (Å²) in [5.41, 5.74) is 16.4. The van der Waals surface area contributed by atoms with E-state index >= 15 is 0 Å². The van der Waals surface area contributed by atoms with Crippen molar-refractivity contribution in [1.82, 2.24) is 4.57 Å². The number of rotatable bonds is 8. The van der Waals surface area contributed by atoms with Crippen molar-refractivity contribution in [3.8, 4) is 50.2 Å². The molecule has 2 nitrogen and oxygen atoms in total. The van der Waals surface area contributed by atoms with Gasteiger partial charge < -0.3 is 9.47 Å². The summed E-state index contributed by atoms with van der Waals surface area (Å²) in [6, 6.07) is 92.6. The molecule has 0 fully saturated rings. The maximum absolute atomic E-state index is 2.42. The number of anilines is 3. The predicted octanol–water partition coefficient (Wildman–Crippen LogP) is 17.2. The number of hydrogen-bond donors (Lipinski definition) is 0. The highest BCUT2D eigenvalue weighted by atomic mass is 15.1. The minimum absolute atomic E-state index is 1.08. The summed E-state index contributed by atoms with van der Waals surface area (Å²) in [5, 5.41) is 7.53. The van der Waals surface area contributed by atoms with Crippen molar-refractivity contribution in [2.24, 2.45) is 0 Å². The molecule has 1 aromatic heterocycles. The Bertz CT molecular complexity index is 3640. The molecule has 0 saturated carbocycles. The molecule has 0 atom stereocenters. The van der Waals surface area contributed by atoms with Crippen LogP contribution in [-0.4, -0.2) is 4.57 Å². The van der Waals surface area contributed by atoms with Gasteiger partial charge in [0.25, 0.3) is 0 Å². The molecule has 0 amide bonds. The summed E-state index contributed by atoms with van der Waals surface area (Å²) in [5.74, 6) is 0. The van der Waals surface area contributed by atoms with Gasteiger partial charge >= 0.3 is 0 Å². The summed E-state index contributed by atoms with van der Waals surface area (Å²) in [6.45, 7) is 0. The van der Waals surface area contributed by atoms with Crippen LogP contribution in [-0.2, 0) is 0 Å². The summed E-state index contributed by atoms with van der Waals surface area (Å²) in [6.07, 6.45) is 0. The van der Waals surface area contributed by atoms with Gasteiger partial charge in [0.05, 0.1) is 16.7 Å². The van der Waals surface area contributed by atoms with Gasteiger partial charge in [0.2, 0.25) is 0 Å². The van der Waals surface area contributed by atoms with Crippen LogP contribution in [0.2, 0.25) is 0 Å². The highest BCUT2D eigenvalue weighted by Crippen LogP contribution is 2.45. The van der Waals surface area contributed by atoms with Gasteiger partial charge in [-0.05, 0) is 115 Å². The van der Waals surface area contributed by atoms with Crippen LogP contribution in [0.4, 0.5) is 17.1 Å². The Morgan fingerprint density at radius 1 is 0.281 bits per heavy atom. The first-order valence-electron chi connectivity index (χ1n) is 22.0. The Balaban J connectivity index is 1.00. The smallest absolute Gasteiger partial charge is 0.0547 e.